The Morgan fingerprint density at radius 2 is 1.53 bits per heavy atom. The SMILES string of the molecule is CC1(C2CC[C@H]3C4C(Br)C=C5CC6(CCC5(C)[C@H]4CC[C@]23C)OCCO6)OCCO1. The fourth-order valence-electron chi connectivity index (χ4n) is 8.89. The Bertz CT molecular complexity index is 739. The molecule has 5 fully saturated rings. The molecular weight excluding hydrogens is 444 g/mol. The predicted molar refractivity (Wildman–Crippen MR) is 118 cm³/mol. The van der Waals surface area contributed by atoms with E-state index in [9.17, 15) is 0 Å². The van der Waals surface area contributed by atoms with E-state index in [1.807, 2.05) is 0 Å². The van der Waals surface area contributed by atoms with Gasteiger partial charge in [0.1, 0.15) is 0 Å². The van der Waals surface area contributed by atoms with Crippen molar-refractivity contribution in [2.75, 3.05) is 26.4 Å². The van der Waals surface area contributed by atoms with E-state index in [2.05, 4.69) is 42.8 Å². The number of ether oxygens (including phenoxy) is 4. The van der Waals surface area contributed by atoms with E-state index < -0.39 is 0 Å². The Kier molecular flexibility index (Phi) is 4.67. The largest absolute Gasteiger partial charge is 0.348 e. The molecule has 6 rings (SSSR count). The summed E-state index contributed by atoms with van der Waals surface area (Å²) in [5.41, 5.74) is 2.19. The number of rotatable bonds is 1. The smallest absolute Gasteiger partial charge is 0.172 e. The highest BCUT2D eigenvalue weighted by Crippen LogP contribution is 2.69. The zero-order chi connectivity index (χ0) is 20.8. The molecule has 6 aliphatic rings. The zero-order valence-corrected chi connectivity index (χ0v) is 20.3. The lowest BCUT2D eigenvalue weighted by Crippen LogP contribution is -2.56. The molecule has 0 aromatic heterocycles. The summed E-state index contributed by atoms with van der Waals surface area (Å²) in [7, 11) is 0. The zero-order valence-electron chi connectivity index (χ0n) is 18.8. The molecule has 0 aromatic carbocycles. The molecule has 168 valence electrons. The highest BCUT2D eigenvalue weighted by atomic mass is 79.9. The molecule has 0 radical (unpaired) electrons. The van der Waals surface area contributed by atoms with Crippen molar-refractivity contribution >= 4 is 15.9 Å². The fourth-order valence-corrected chi connectivity index (χ4v) is 9.94. The van der Waals surface area contributed by atoms with Crippen molar-refractivity contribution < 1.29 is 18.9 Å². The van der Waals surface area contributed by atoms with Crippen molar-refractivity contribution in [1.82, 2.24) is 0 Å². The normalized spacial score (nSPS) is 51.3. The maximum atomic E-state index is 6.19. The molecule has 5 heteroatoms. The molecule has 2 heterocycles. The second-order valence-corrected chi connectivity index (χ2v) is 12.6. The number of hydrogen-bond acceptors (Lipinski definition) is 4. The molecule has 7 atom stereocenters. The highest BCUT2D eigenvalue weighted by Gasteiger charge is 2.65. The molecule has 1 spiro atoms. The van der Waals surface area contributed by atoms with Crippen molar-refractivity contribution in [2.45, 2.75) is 82.1 Å². The molecule has 3 saturated carbocycles. The Balaban J connectivity index is 1.32. The van der Waals surface area contributed by atoms with Crippen LogP contribution in [0.1, 0.15) is 65.7 Å². The number of hydrogen-bond donors (Lipinski definition) is 0. The Labute approximate surface area is 189 Å². The molecule has 2 aliphatic heterocycles. The average Bonchev–Trinajstić information content (AvgIpc) is 3.43. The summed E-state index contributed by atoms with van der Waals surface area (Å²) in [5.74, 6) is 1.97. The van der Waals surface area contributed by atoms with Gasteiger partial charge in [-0.05, 0) is 67.6 Å². The number of halogens is 1. The van der Waals surface area contributed by atoms with E-state index in [4.69, 9.17) is 18.9 Å². The maximum absolute atomic E-state index is 6.19. The summed E-state index contributed by atoms with van der Waals surface area (Å²) < 4.78 is 24.6. The van der Waals surface area contributed by atoms with E-state index >= 15 is 0 Å². The minimum absolute atomic E-state index is 0.291. The Morgan fingerprint density at radius 1 is 0.833 bits per heavy atom. The van der Waals surface area contributed by atoms with Gasteiger partial charge in [-0.2, -0.15) is 0 Å². The Morgan fingerprint density at radius 3 is 2.27 bits per heavy atom. The first-order valence-electron chi connectivity index (χ1n) is 12.2. The molecule has 4 aliphatic carbocycles. The molecule has 4 nitrogen and oxygen atoms in total. The van der Waals surface area contributed by atoms with Gasteiger partial charge in [0, 0.05) is 23.6 Å². The van der Waals surface area contributed by atoms with Crippen molar-refractivity contribution in [3.8, 4) is 0 Å². The third kappa shape index (κ3) is 2.71. The number of alkyl halides is 1. The second kappa shape index (κ2) is 6.79. The van der Waals surface area contributed by atoms with E-state index in [-0.39, 0.29) is 11.6 Å². The molecule has 2 saturated heterocycles. The lowest BCUT2D eigenvalue weighted by molar-refractivity contribution is -0.216. The van der Waals surface area contributed by atoms with Crippen molar-refractivity contribution in [2.24, 2.45) is 34.5 Å². The van der Waals surface area contributed by atoms with Crippen LogP contribution in [0, 0.1) is 34.5 Å². The van der Waals surface area contributed by atoms with Crippen LogP contribution in [0.25, 0.3) is 0 Å². The van der Waals surface area contributed by atoms with Gasteiger partial charge >= 0.3 is 0 Å². The minimum atomic E-state index is -0.383. The molecule has 30 heavy (non-hydrogen) atoms. The van der Waals surface area contributed by atoms with Crippen molar-refractivity contribution in [1.29, 1.82) is 0 Å². The topological polar surface area (TPSA) is 36.9 Å². The van der Waals surface area contributed by atoms with E-state index in [1.54, 1.807) is 5.57 Å². The third-order valence-corrected chi connectivity index (χ3v) is 11.3. The van der Waals surface area contributed by atoms with Gasteiger partial charge in [-0.1, -0.05) is 41.4 Å². The van der Waals surface area contributed by atoms with E-state index in [0.717, 1.165) is 51.1 Å². The molecule has 0 N–H and O–H groups in total. The van der Waals surface area contributed by atoms with Crippen LogP contribution in [0.3, 0.4) is 0 Å². The second-order valence-electron chi connectivity index (χ2n) is 11.5. The Hall–Kier alpha value is 0.0600. The summed E-state index contributed by atoms with van der Waals surface area (Å²) in [6, 6.07) is 0. The summed E-state index contributed by atoms with van der Waals surface area (Å²) in [6.07, 6.45) is 10.9. The van der Waals surface area contributed by atoms with Crippen LogP contribution in [0.2, 0.25) is 0 Å². The quantitative estimate of drug-likeness (QED) is 0.369. The van der Waals surface area contributed by atoms with Crippen LogP contribution in [0.5, 0.6) is 0 Å². The summed E-state index contributed by atoms with van der Waals surface area (Å²) in [6.45, 7) is 10.3. The molecule has 0 amide bonds. The first-order chi connectivity index (χ1) is 14.3. The van der Waals surface area contributed by atoms with Crippen LogP contribution in [-0.2, 0) is 18.9 Å². The first-order valence-corrected chi connectivity index (χ1v) is 13.1. The van der Waals surface area contributed by atoms with Gasteiger partial charge in [0.15, 0.2) is 11.6 Å². The van der Waals surface area contributed by atoms with Crippen LogP contribution in [0.15, 0.2) is 11.6 Å². The van der Waals surface area contributed by atoms with E-state index in [1.165, 1.54) is 32.1 Å². The van der Waals surface area contributed by atoms with Gasteiger partial charge in [0.25, 0.3) is 0 Å². The van der Waals surface area contributed by atoms with Gasteiger partial charge < -0.3 is 18.9 Å². The van der Waals surface area contributed by atoms with Crippen LogP contribution < -0.4 is 0 Å². The van der Waals surface area contributed by atoms with Crippen LogP contribution in [-0.4, -0.2) is 42.8 Å². The fraction of sp³-hybridized carbons (Fsp3) is 0.920. The summed E-state index contributed by atoms with van der Waals surface area (Å²) in [5, 5.41) is 0. The lowest BCUT2D eigenvalue weighted by Gasteiger charge is -2.60. The lowest BCUT2D eigenvalue weighted by atomic mass is 9.47. The third-order valence-electron chi connectivity index (χ3n) is 10.4. The number of allylic oxidation sites excluding steroid dienone is 1. The minimum Gasteiger partial charge on any atom is -0.348 e. The predicted octanol–water partition coefficient (Wildman–Crippen LogP) is 5.44. The van der Waals surface area contributed by atoms with Gasteiger partial charge in [-0.3, -0.25) is 0 Å². The molecule has 0 bridgehead atoms. The van der Waals surface area contributed by atoms with Gasteiger partial charge in [0.05, 0.1) is 26.4 Å². The van der Waals surface area contributed by atoms with Crippen LogP contribution >= 0.6 is 15.9 Å². The van der Waals surface area contributed by atoms with Crippen LogP contribution in [0.4, 0.5) is 0 Å². The van der Waals surface area contributed by atoms with Crippen molar-refractivity contribution in [3.05, 3.63) is 11.6 Å². The van der Waals surface area contributed by atoms with Gasteiger partial charge in [-0.25, -0.2) is 0 Å². The standard InChI is InChI=1S/C25H37BrO4/c1-22-8-9-25(29-12-13-30-25)15-16(22)14-19(26)21-17-4-5-20(24(3)27-10-11-28-24)23(17,2)7-6-18(21)22/h14,17-21H,4-13,15H2,1-3H3/t17-,18-,19?,20?,21?,22?,23-/m0/s1. The van der Waals surface area contributed by atoms with Gasteiger partial charge in [0.2, 0.25) is 0 Å². The molecule has 0 aromatic rings. The maximum Gasteiger partial charge on any atom is 0.172 e. The molecular formula is C25H37BrO4. The summed E-state index contributed by atoms with van der Waals surface area (Å²) in [4.78, 5) is 0.448. The number of fused-ring (bicyclic) bond motifs is 5. The highest BCUT2D eigenvalue weighted by molar-refractivity contribution is 9.09. The van der Waals surface area contributed by atoms with E-state index in [0.29, 0.717) is 27.5 Å². The van der Waals surface area contributed by atoms with Crippen molar-refractivity contribution in [3.63, 3.8) is 0 Å². The monoisotopic (exact) mass is 480 g/mol. The first kappa shape index (κ1) is 20.7. The molecule has 4 unspecified atom stereocenters. The van der Waals surface area contributed by atoms with Gasteiger partial charge in [-0.15, -0.1) is 0 Å². The summed E-state index contributed by atoms with van der Waals surface area (Å²) >= 11 is 4.17. The average molecular weight is 481 g/mol.